The lowest BCUT2D eigenvalue weighted by molar-refractivity contribution is 0.226. The third-order valence-corrected chi connectivity index (χ3v) is 6.02. The van der Waals surface area contributed by atoms with Crippen LogP contribution < -0.4 is 5.32 Å². The molecule has 3 rings (SSSR count). The van der Waals surface area contributed by atoms with Gasteiger partial charge in [-0.15, -0.1) is 22.7 Å². The number of rotatable bonds is 7. The minimum Gasteiger partial charge on any atom is -0.308 e. The molecule has 0 radical (unpaired) electrons. The van der Waals surface area contributed by atoms with Gasteiger partial charge in [-0.3, -0.25) is 0 Å². The molecule has 114 valence electrons. The predicted molar refractivity (Wildman–Crippen MR) is 93.4 cm³/mol. The quantitative estimate of drug-likeness (QED) is 0.824. The van der Waals surface area contributed by atoms with E-state index in [1.165, 1.54) is 48.7 Å². The Bertz CT molecular complexity index is 487. The number of thiophene rings is 2. The van der Waals surface area contributed by atoms with E-state index >= 15 is 0 Å². The van der Waals surface area contributed by atoms with Crippen molar-refractivity contribution in [1.29, 1.82) is 0 Å². The monoisotopic (exact) mass is 320 g/mol. The van der Waals surface area contributed by atoms with Crippen LogP contribution in [0, 0.1) is 0 Å². The van der Waals surface area contributed by atoms with Gasteiger partial charge >= 0.3 is 0 Å². The van der Waals surface area contributed by atoms with Gasteiger partial charge in [-0.05, 0) is 48.8 Å². The lowest BCUT2D eigenvalue weighted by atomic mass is 10.1. The summed E-state index contributed by atoms with van der Waals surface area (Å²) in [4.78, 5) is 5.54. The molecule has 1 aliphatic heterocycles. The van der Waals surface area contributed by atoms with Crippen LogP contribution in [0.1, 0.15) is 35.1 Å². The Labute approximate surface area is 135 Å². The van der Waals surface area contributed by atoms with Gasteiger partial charge in [0.2, 0.25) is 0 Å². The molecule has 1 atom stereocenters. The maximum absolute atomic E-state index is 3.78. The normalized spacial score (nSPS) is 17.9. The van der Waals surface area contributed by atoms with Crippen molar-refractivity contribution in [2.75, 3.05) is 26.2 Å². The van der Waals surface area contributed by atoms with E-state index in [1.54, 1.807) is 0 Å². The van der Waals surface area contributed by atoms with E-state index in [1.807, 2.05) is 22.7 Å². The second-order valence-corrected chi connectivity index (χ2v) is 7.72. The molecule has 1 fully saturated rings. The zero-order valence-electron chi connectivity index (χ0n) is 12.5. The van der Waals surface area contributed by atoms with E-state index in [4.69, 9.17) is 0 Å². The Morgan fingerprint density at radius 3 is 2.57 bits per heavy atom. The Morgan fingerprint density at radius 1 is 1.05 bits per heavy atom. The topological polar surface area (TPSA) is 15.3 Å². The van der Waals surface area contributed by atoms with Gasteiger partial charge in [-0.1, -0.05) is 18.6 Å². The zero-order valence-corrected chi connectivity index (χ0v) is 14.1. The summed E-state index contributed by atoms with van der Waals surface area (Å²) in [5.74, 6) is 0. The third-order valence-electron chi connectivity index (χ3n) is 4.14. The van der Waals surface area contributed by atoms with Crippen molar-refractivity contribution in [3.63, 3.8) is 0 Å². The summed E-state index contributed by atoms with van der Waals surface area (Å²) in [6, 6.07) is 9.29. The molecule has 2 aromatic rings. The molecule has 3 heterocycles. The highest BCUT2D eigenvalue weighted by molar-refractivity contribution is 7.10. The first-order chi connectivity index (χ1) is 10.4. The fourth-order valence-electron chi connectivity index (χ4n) is 2.97. The Balaban J connectivity index is 1.52. The predicted octanol–water partition coefficient (Wildman–Crippen LogP) is 4.17. The molecule has 1 saturated heterocycles. The van der Waals surface area contributed by atoms with Crippen molar-refractivity contribution in [2.45, 2.75) is 31.7 Å². The first-order valence-electron chi connectivity index (χ1n) is 7.93. The molecule has 2 nitrogen and oxygen atoms in total. The fourth-order valence-corrected chi connectivity index (χ4v) is 4.53. The molecule has 1 aliphatic rings. The van der Waals surface area contributed by atoms with Crippen LogP contribution in [0.3, 0.4) is 0 Å². The molecule has 0 aromatic carbocycles. The number of hydrogen-bond acceptors (Lipinski definition) is 4. The minimum atomic E-state index is 0.466. The number of hydrogen-bond donors (Lipinski definition) is 1. The van der Waals surface area contributed by atoms with Gasteiger partial charge in [-0.2, -0.15) is 0 Å². The maximum atomic E-state index is 3.78. The van der Waals surface area contributed by atoms with E-state index in [9.17, 15) is 0 Å². The molecular weight excluding hydrogens is 296 g/mol. The molecule has 1 unspecified atom stereocenters. The lowest BCUT2D eigenvalue weighted by Gasteiger charge is -2.27. The minimum absolute atomic E-state index is 0.466. The van der Waals surface area contributed by atoms with Crippen molar-refractivity contribution >= 4 is 22.7 Å². The first kappa shape index (κ1) is 15.2. The van der Waals surface area contributed by atoms with Gasteiger partial charge in [0, 0.05) is 35.3 Å². The smallest absolute Gasteiger partial charge is 0.0464 e. The van der Waals surface area contributed by atoms with Crippen molar-refractivity contribution in [2.24, 2.45) is 0 Å². The maximum Gasteiger partial charge on any atom is 0.0464 e. The first-order valence-corrected chi connectivity index (χ1v) is 9.69. The van der Waals surface area contributed by atoms with Gasteiger partial charge in [0.05, 0.1) is 0 Å². The highest BCUT2D eigenvalue weighted by Crippen LogP contribution is 2.24. The highest BCUT2D eigenvalue weighted by atomic mass is 32.1. The van der Waals surface area contributed by atoms with Crippen LogP contribution in [0.15, 0.2) is 35.0 Å². The molecule has 0 aliphatic carbocycles. The number of piperidine rings is 1. The second-order valence-electron chi connectivity index (χ2n) is 5.71. The van der Waals surface area contributed by atoms with E-state index in [2.05, 4.69) is 45.2 Å². The summed E-state index contributed by atoms with van der Waals surface area (Å²) in [5, 5.41) is 8.14. The Morgan fingerprint density at radius 2 is 1.86 bits per heavy atom. The zero-order chi connectivity index (χ0) is 14.3. The van der Waals surface area contributed by atoms with E-state index in [0.29, 0.717) is 6.04 Å². The van der Waals surface area contributed by atoms with Crippen molar-refractivity contribution in [3.8, 4) is 0 Å². The SMILES string of the molecule is c1csc(CC(NCCN2CCCCC2)c2cccs2)c1. The molecule has 0 saturated carbocycles. The van der Waals surface area contributed by atoms with Gasteiger partial charge in [-0.25, -0.2) is 0 Å². The second kappa shape index (κ2) is 8.08. The van der Waals surface area contributed by atoms with E-state index in [-0.39, 0.29) is 0 Å². The average molecular weight is 321 g/mol. The number of nitrogens with zero attached hydrogens (tertiary/aromatic N) is 1. The molecule has 0 bridgehead atoms. The standard InChI is InChI=1S/C17H24N2S2/c1-2-9-19(10-3-1)11-8-18-16(17-7-5-13-21-17)14-15-6-4-12-20-15/h4-7,12-13,16,18H,1-3,8-11,14H2. The summed E-state index contributed by atoms with van der Waals surface area (Å²) in [6.07, 6.45) is 5.28. The van der Waals surface area contributed by atoms with Gasteiger partial charge in [0.1, 0.15) is 0 Å². The Hall–Kier alpha value is -0.680. The van der Waals surface area contributed by atoms with Gasteiger partial charge in [0.25, 0.3) is 0 Å². The van der Waals surface area contributed by atoms with Crippen LogP contribution in [0.2, 0.25) is 0 Å². The lowest BCUT2D eigenvalue weighted by Crippen LogP contribution is -2.37. The molecule has 0 amide bonds. The summed E-state index contributed by atoms with van der Waals surface area (Å²) in [5.41, 5.74) is 0. The van der Waals surface area contributed by atoms with Crippen LogP contribution in [0.4, 0.5) is 0 Å². The molecule has 2 aromatic heterocycles. The van der Waals surface area contributed by atoms with E-state index in [0.717, 1.165) is 13.0 Å². The highest BCUT2D eigenvalue weighted by Gasteiger charge is 2.15. The number of nitrogens with one attached hydrogen (secondary N) is 1. The Kier molecular flexibility index (Phi) is 5.86. The van der Waals surface area contributed by atoms with Gasteiger partial charge < -0.3 is 10.2 Å². The molecular formula is C17H24N2S2. The summed E-state index contributed by atoms with van der Waals surface area (Å²) >= 11 is 3.73. The van der Waals surface area contributed by atoms with Crippen molar-refractivity contribution in [1.82, 2.24) is 10.2 Å². The van der Waals surface area contributed by atoms with Crippen LogP contribution in [-0.2, 0) is 6.42 Å². The molecule has 0 spiro atoms. The van der Waals surface area contributed by atoms with Crippen molar-refractivity contribution in [3.05, 3.63) is 44.8 Å². The third kappa shape index (κ3) is 4.65. The molecule has 4 heteroatoms. The molecule has 21 heavy (non-hydrogen) atoms. The number of likely N-dealkylation sites (tertiary alicyclic amines) is 1. The summed E-state index contributed by atoms with van der Waals surface area (Å²) < 4.78 is 0. The molecule has 1 N–H and O–H groups in total. The van der Waals surface area contributed by atoms with Crippen LogP contribution in [0.25, 0.3) is 0 Å². The average Bonchev–Trinajstić information content (AvgIpc) is 3.21. The fraction of sp³-hybridized carbons (Fsp3) is 0.529. The summed E-state index contributed by atoms with van der Waals surface area (Å²) in [7, 11) is 0. The van der Waals surface area contributed by atoms with Crippen LogP contribution in [0.5, 0.6) is 0 Å². The van der Waals surface area contributed by atoms with E-state index < -0.39 is 0 Å². The van der Waals surface area contributed by atoms with Crippen LogP contribution >= 0.6 is 22.7 Å². The van der Waals surface area contributed by atoms with Crippen LogP contribution in [-0.4, -0.2) is 31.1 Å². The summed E-state index contributed by atoms with van der Waals surface area (Å²) in [6.45, 7) is 4.85. The van der Waals surface area contributed by atoms with Crippen molar-refractivity contribution < 1.29 is 0 Å². The largest absolute Gasteiger partial charge is 0.308 e. The van der Waals surface area contributed by atoms with Gasteiger partial charge in [0.15, 0.2) is 0 Å².